The third-order valence-corrected chi connectivity index (χ3v) is 9.63. The summed E-state index contributed by atoms with van der Waals surface area (Å²) in [5.74, 6) is 0.869. The first-order chi connectivity index (χ1) is 14.7. The lowest BCUT2D eigenvalue weighted by atomic mass is 9.84. The number of thioether (sulfide) groups is 1. The molecule has 0 aliphatic carbocycles. The van der Waals surface area contributed by atoms with Crippen LogP contribution in [0, 0.1) is 5.92 Å². The van der Waals surface area contributed by atoms with Crippen LogP contribution in [0.2, 0.25) is 0 Å². The minimum Gasteiger partial charge on any atom is -0.367 e. The maximum Gasteiger partial charge on any atom is 0.0527 e. The van der Waals surface area contributed by atoms with Crippen LogP contribution in [0.5, 0.6) is 0 Å². The summed E-state index contributed by atoms with van der Waals surface area (Å²) < 4.78 is 0. The van der Waals surface area contributed by atoms with Gasteiger partial charge in [-0.15, -0.1) is 0 Å². The minimum atomic E-state index is 0.810. The van der Waals surface area contributed by atoms with E-state index in [0.29, 0.717) is 0 Å². The van der Waals surface area contributed by atoms with Gasteiger partial charge in [-0.25, -0.2) is 0 Å². The van der Waals surface area contributed by atoms with Crippen molar-refractivity contribution in [3.05, 3.63) is 12.3 Å². The van der Waals surface area contributed by atoms with Crippen LogP contribution in [0.15, 0.2) is 12.3 Å². The van der Waals surface area contributed by atoms with Crippen molar-refractivity contribution < 1.29 is 0 Å². The van der Waals surface area contributed by atoms with Crippen molar-refractivity contribution in [3.63, 3.8) is 0 Å². The topological polar surface area (TPSA) is 15.3 Å². The Labute approximate surface area is 192 Å². The summed E-state index contributed by atoms with van der Waals surface area (Å²) in [6, 6.07) is 1.63. The third-order valence-electron chi connectivity index (χ3n) is 7.94. The van der Waals surface area contributed by atoms with Crippen LogP contribution in [0.4, 0.5) is 0 Å². The van der Waals surface area contributed by atoms with E-state index < -0.39 is 0 Å². The Kier molecular flexibility index (Phi) is 10.9. The Morgan fingerprint density at radius 1 is 0.933 bits per heavy atom. The number of unbranched alkanes of at least 4 members (excludes halogenated alkanes) is 10. The van der Waals surface area contributed by atoms with Gasteiger partial charge in [0, 0.05) is 22.2 Å². The highest BCUT2D eigenvalue weighted by Gasteiger charge is 2.53. The molecule has 0 radical (unpaired) electrons. The first-order valence-electron chi connectivity index (χ1n) is 13.5. The van der Waals surface area contributed by atoms with Crippen molar-refractivity contribution in [3.8, 4) is 0 Å². The van der Waals surface area contributed by atoms with E-state index in [9.17, 15) is 0 Å². The highest BCUT2D eigenvalue weighted by Crippen LogP contribution is 2.54. The average Bonchev–Trinajstić information content (AvgIpc) is 3.10. The quantitative estimate of drug-likeness (QED) is 0.253. The molecular weight excluding hydrogens is 384 g/mol. The number of nitrogens with one attached hydrogen (secondary N) is 1. The molecule has 3 saturated heterocycles. The fraction of sp³-hybridized carbons (Fsp3) is 0.926. The molecule has 1 N–H and O–H groups in total. The molecule has 2 nitrogen and oxygen atoms in total. The molecule has 0 amide bonds. The molecular formula is C27H50N2S. The van der Waals surface area contributed by atoms with Gasteiger partial charge in [0.25, 0.3) is 0 Å². The molecule has 0 aromatic rings. The summed E-state index contributed by atoms with van der Waals surface area (Å²) in [5.41, 5.74) is 1.45. The van der Waals surface area contributed by atoms with E-state index in [0.717, 1.165) is 28.5 Å². The van der Waals surface area contributed by atoms with E-state index in [1.54, 1.807) is 0 Å². The minimum absolute atomic E-state index is 0.810. The summed E-state index contributed by atoms with van der Waals surface area (Å²) in [5, 5.41) is 5.47. The largest absolute Gasteiger partial charge is 0.367 e. The summed E-state index contributed by atoms with van der Waals surface area (Å²) in [4.78, 5) is 2.78. The lowest BCUT2D eigenvalue weighted by Gasteiger charge is -2.57. The Morgan fingerprint density at radius 2 is 1.57 bits per heavy atom. The number of rotatable bonds is 16. The van der Waals surface area contributed by atoms with Crippen molar-refractivity contribution in [2.24, 2.45) is 5.92 Å². The van der Waals surface area contributed by atoms with Gasteiger partial charge in [-0.1, -0.05) is 84.6 Å². The Balaban J connectivity index is 1.13. The molecule has 0 aromatic heterocycles. The molecule has 3 aliphatic heterocycles. The van der Waals surface area contributed by atoms with Crippen LogP contribution in [0.1, 0.15) is 117 Å². The van der Waals surface area contributed by atoms with Crippen molar-refractivity contribution in [2.45, 2.75) is 139 Å². The second-order valence-electron chi connectivity index (χ2n) is 10.4. The van der Waals surface area contributed by atoms with Crippen molar-refractivity contribution >= 4 is 11.8 Å². The smallest absolute Gasteiger partial charge is 0.0527 e. The van der Waals surface area contributed by atoms with Crippen molar-refractivity contribution in [2.75, 3.05) is 13.1 Å². The van der Waals surface area contributed by atoms with E-state index in [1.165, 1.54) is 122 Å². The van der Waals surface area contributed by atoms with Gasteiger partial charge in [-0.2, -0.15) is 11.8 Å². The van der Waals surface area contributed by atoms with E-state index in [-0.39, 0.29) is 0 Å². The second kappa shape index (κ2) is 13.4. The van der Waals surface area contributed by atoms with Gasteiger partial charge in [0.1, 0.15) is 0 Å². The van der Waals surface area contributed by atoms with Crippen LogP contribution < -0.4 is 5.32 Å². The van der Waals surface area contributed by atoms with Crippen LogP contribution in [0.25, 0.3) is 0 Å². The molecule has 3 rings (SSSR count). The number of nitrogens with zero attached hydrogens (tertiary/aromatic N) is 1. The van der Waals surface area contributed by atoms with Gasteiger partial charge < -0.3 is 10.2 Å². The summed E-state index contributed by atoms with van der Waals surface area (Å²) in [6.45, 7) is 11.6. The number of fused-ring (bicyclic) bond motifs is 3. The van der Waals surface area contributed by atoms with Gasteiger partial charge >= 0.3 is 0 Å². The van der Waals surface area contributed by atoms with Crippen molar-refractivity contribution in [1.82, 2.24) is 10.2 Å². The highest BCUT2D eigenvalue weighted by molar-refractivity contribution is 8.02. The van der Waals surface area contributed by atoms with E-state index >= 15 is 0 Å². The predicted molar refractivity (Wildman–Crippen MR) is 135 cm³/mol. The predicted octanol–water partition coefficient (Wildman–Crippen LogP) is 7.54. The molecule has 0 saturated carbocycles. The second-order valence-corrected chi connectivity index (χ2v) is 11.9. The molecule has 0 aromatic carbocycles. The molecule has 3 heteroatoms. The zero-order chi connectivity index (χ0) is 21.2. The Morgan fingerprint density at radius 3 is 2.27 bits per heavy atom. The SMILES string of the molecule is C=C1CCC2C(C)CC3SC(CCCCNCCCCCCCCCCCC)C3N12. The number of piperidine rings is 1. The maximum absolute atomic E-state index is 4.41. The number of hydrogen-bond acceptors (Lipinski definition) is 3. The molecule has 5 unspecified atom stereocenters. The van der Waals surface area contributed by atoms with Gasteiger partial charge in [0.15, 0.2) is 0 Å². The first kappa shape index (κ1) is 24.5. The summed E-state index contributed by atoms with van der Waals surface area (Å²) >= 11 is 2.30. The molecule has 3 heterocycles. The summed E-state index contributed by atoms with van der Waals surface area (Å²) in [6.07, 6.45) is 22.5. The van der Waals surface area contributed by atoms with Crippen molar-refractivity contribution in [1.29, 1.82) is 0 Å². The monoisotopic (exact) mass is 434 g/mol. The van der Waals surface area contributed by atoms with E-state index in [4.69, 9.17) is 0 Å². The van der Waals surface area contributed by atoms with E-state index in [2.05, 4.69) is 42.4 Å². The molecule has 0 bridgehead atoms. The standard InChI is InChI=1S/C27H50N2S/c1-4-5-6-7-8-9-10-11-12-14-19-28-20-15-13-16-25-27-26(30-25)21-22(2)24-18-17-23(3)29(24)27/h22,24-28H,3-21H2,1-2H3. The van der Waals surface area contributed by atoms with Crippen LogP contribution in [-0.2, 0) is 0 Å². The highest BCUT2D eigenvalue weighted by atomic mass is 32.2. The average molecular weight is 435 g/mol. The zero-order valence-corrected chi connectivity index (χ0v) is 21.0. The molecule has 0 spiro atoms. The number of hydrogen-bond donors (Lipinski definition) is 1. The molecule has 5 atom stereocenters. The Hall–Kier alpha value is -0.150. The number of allylic oxidation sites excluding steroid dienone is 1. The molecule has 30 heavy (non-hydrogen) atoms. The van der Waals surface area contributed by atoms with Gasteiger partial charge in [-0.3, -0.25) is 0 Å². The fourth-order valence-electron chi connectivity index (χ4n) is 6.12. The van der Waals surface area contributed by atoms with Gasteiger partial charge in [0.05, 0.1) is 6.04 Å². The van der Waals surface area contributed by atoms with Gasteiger partial charge in [-0.05, 0) is 57.5 Å². The first-order valence-corrected chi connectivity index (χ1v) is 14.5. The normalized spacial score (nSPS) is 30.3. The Bertz CT molecular complexity index is 493. The summed E-state index contributed by atoms with van der Waals surface area (Å²) in [7, 11) is 0. The van der Waals surface area contributed by atoms with E-state index in [1.807, 2.05) is 0 Å². The maximum atomic E-state index is 4.41. The fourth-order valence-corrected chi connectivity index (χ4v) is 7.97. The molecule has 3 fully saturated rings. The van der Waals surface area contributed by atoms with Crippen LogP contribution in [-0.4, -0.2) is 40.6 Å². The van der Waals surface area contributed by atoms with Gasteiger partial charge in [0.2, 0.25) is 0 Å². The zero-order valence-electron chi connectivity index (χ0n) is 20.2. The lowest BCUT2D eigenvalue weighted by Crippen LogP contribution is -2.62. The molecule has 3 aliphatic rings. The molecule has 174 valence electrons. The van der Waals surface area contributed by atoms with Crippen LogP contribution in [0.3, 0.4) is 0 Å². The third kappa shape index (κ3) is 6.92. The lowest BCUT2D eigenvalue weighted by molar-refractivity contribution is 0.0942. The van der Waals surface area contributed by atoms with Crippen LogP contribution >= 0.6 is 11.8 Å².